The molecular formula is C19H23N5O. The Hall–Kier alpha value is -2.50. The van der Waals surface area contributed by atoms with Crippen LogP contribution < -0.4 is 4.90 Å². The summed E-state index contributed by atoms with van der Waals surface area (Å²) in [5.74, 6) is 1.89. The highest BCUT2D eigenvalue weighted by atomic mass is 16.2. The van der Waals surface area contributed by atoms with Crippen molar-refractivity contribution in [2.75, 3.05) is 24.5 Å². The van der Waals surface area contributed by atoms with E-state index in [4.69, 9.17) is 4.98 Å². The second kappa shape index (κ2) is 6.78. The number of hydrogen-bond donors (Lipinski definition) is 0. The van der Waals surface area contributed by atoms with Crippen molar-refractivity contribution < 1.29 is 4.79 Å². The predicted molar refractivity (Wildman–Crippen MR) is 95.5 cm³/mol. The van der Waals surface area contributed by atoms with Crippen molar-refractivity contribution in [1.82, 2.24) is 19.9 Å². The predicted octanol–water partition coefficient (Wildman–Crippen LogP) is 2.37. The van der Waals surface area contributed by atoms with Crippen LogP contribution in [0.25, 0.3) is 0 Å². The Kier molecular flexibility index (Phi) is 4.34. The SMILES string of the molecule is Cc1nc2c(c(N3CCCCC3)n1)CN(C(=O)c1cccnc1)CC2. The Morgan fingerprint density at radius 3 is 2.72 bits per heavy atom. The number of amides is 1. The molecule has 4 rings (SSSR count). The third-order valence-corrected chi connectivity index (χ3v) is 5.00. The third-order valence-electron chi connectivity index (χ3n) is 5.00. The Balaban J connectivity index is 1.64. The molecule has 25 heavy (non-hydrogen) atoms. The van der Waals surface area contributed by atoms with Crippen molar-refractivity contribution in [2.45, 2.75) is 39.2 Å². The van der Waals surface area contributed by atoms with Crippen molar-refractivity contribution in [3.05, 3.63) is 47.2 Å². The number of fused-ring (bicyclic) bond motifs is 1. The van der Waals surface area contributed by atoms with Crippen molar-refractivity contribution >= 4 is 11.7 Å². The molecule has 0 atom stereocenters. The van der Waals surface area contributed by atoms with Gasteiger partial charge in [0.2, 0.25) is 0 Å². The first-order chi connectivity index (χ1) is 12.2. The molecule has 0 N–H and O–H groups in total. The van der Waals surface area contributed by atoms with Crippen LogP contribution in [0.1, 0.15) is 46.7 Å². The summed E-state index contributed by atoms with van der Waals surface area (Å²) in [6.45, 7) is 5.31. The summed E-state index contributed by atoms with van der Waals surface area (Å²) in [5, 5.41) is 0. The molecule has 2 aliphatic heterocycles. The number of rotatable bonds is 2. The van der Waals surface area contributed by atoms with Crippen LogP contribution in [0.2, 0.25) is 0 Å². The zero-order valence-electron chi connectivity index (χ0n) is 14.6. The number of aryl methyl sites for hydroxylation is 1. The van der Waals surface area contributed by atoms with Gasteiger partial charge >= 0.3 is 0 Å². The largest absolute Gasteiger partial charge is 0.356 e. The van der Waals surface area contributed by atoms with Gasteiger partial charge in [0.1, 0.15) is 11.6 Å². The van der Waals surface area contributed by atoms with Gasteiger partial charge in [-0.25, -0.2) is 9.97 Å². The highest BCUT2D eigenvalue weighted by Gasteiger charge is 2.28. The fourth-order valence-electron chi connectivity index (χ4n) is 3.73. The lowest BCUT2D eigenvalue weighted by Crippen LogP contribution is -2.39. The van der Waals surface area contributed by atoms with Crippen LogP contribution in [-0.2, 0) is 13.0 Å². The molecule has 0 radical (unpaired) electrons. The fourth-order valence-corrected chi connectivity index (χ4v) is 3.73. The third kappa shape index (κ3) is 3.21. The lowest BCUT2D eigenvalue weighted by Gasteiger charge is -2.34. The van der Waals surface area contributed by atoms with Crippen LogP contribution in [0.5, 0.6) is 0 Å². The van der Waals surface area contributed by atoms with Crippen LogP contribution in [0.3, 0.4) is 0 Å². The average Bonchev–Trinajstić information content (AvgIpc) is 2.68. The highest BCUT2D eigenvalue weighted by molar-refractivity contribution is 5.94. The number of pyridine rings is 1. The zero-order valence-corrected chi connectivity index (χ0v) is 14.6. The van der Waals surface area contributed by atoms with E-state index in [1.165, 1.54) is 19.3 Å². The van der Waals surface area contributed by atoms with E-state index in [1.807, 2.05) is 17.9 Å². The van der Waals surface area contributed by atoms with Crippen LogP contribution in [0.4, 0.5) is 5.82 Å². The molecular weight excluding hydrogens is 314 g/mol. The fraction of sp³-hybridized carbons (Fsp3) is 0.474. The Labute approximate surface area is 147 Å². The molecule has 0 aromatic carbocycles. The molecule has 4 heterocycles. The van der Waals surface area contributed by atoms with Gasteiger partial charge in [-0.2, -0.15) is 0 Å². The monoisotopic (exact) mass is 337 g/mol. The number of carbonyl (C=O) groups is 1. The maximum Gasteiger partial charge on any atom is 0.255 e. The van der Waals surface area contributed by atoms with E-state index < -0.39 is 0 Å². The van der Waals surface area contributed by atoms with E-state index in [-0.39, 0.29) is 5.91 Å². The van der Waals surface area contributed by atoms with E-state index in [2.05, 4.69) is 14.9 Å². The number of carbonyl (C=O) groups excluding carboxylic acids is 1. The molecule has 2 aliphatic rings. The number of hydrogen-bond acceptors (Lipinski definition) is 5. The average molecular weight is 337 g/mol. The van der Waals surface area contributed by atoms with Gasteiger partial charge in [0.05, 0.1) is 17.8 Å². The Morgan fingerprint density at radius 1 is 1.12 bits per heavy atom. The van der Waals surface area contributed by atoms with Gasteiger partial charge in [0.15, 0.2) is 0 Å². The minimum atomic E-state index is 0.0314. The summed E-state index contributed by atoms with van der Waals surface area (Å²) in [7, 11) is 0. The number of anilines is 1. The molecule has 1 amide bonds. The number of nitrogens with zero attached hydrogens (tertiary/aromatic N) is 5. The van der Waals surface area contributed by atoms with E-state index in [0.717, 1.165) is 42.4 Å². The van der Waals surface area contributed by atoms with Gasteiger partial charge in [-0.3, -0.25) is 9.78 Å². The van der Waals surface area contributed by atoms with E-state index in [9.17, 15) is 4.79 Å². The van der Waals surface area contributed by atoms with Crippen molar-refractivity contribution in [3.8, 4) is 0 Å². The number of aromatic nitrogens is 3. The molecule has 6 nitrogen and oxygen atoms in total. The van der Waals surface area contributed by atoms with Crippen molar-refractivity contribution in [3.63, 3.8) is 0 Å². The van der Waals surface area contributed by atoms with Gasteiger partial charge in [-0.05, 0) is 38.3 Å². The van der Waals surface area contributed by atoms with Crippen molar-refractivity contribution in [1.29, 1.82) is 0 Å². The molecule has 2 aromatic heterocycles. The molecule has 130 valence electrons. The second-order valence-corrected chi connectivity index (χ2v) is 6.79. The summed E-state index contributed by atoms with van der Waals surface area (Å²) >= 11 is 0. The molecule has 1 saturated heterocycles. The van der Waals surface area contributed by atoms with E-state index >= 15 is 0 Å². The normalized spacial score (nSPS) is 17.3. The quantitative estimate of drug-likeness (QED) is 0.842. The summed E-state index contributed by atoms with van der Waals surface area (Å²) in [4.78, 5) is 30.5. The highest BCUT2D eigenvalue weighted by Crippen LogP contribution is 2.29. The van der Waals surface area contributed by atoms with Gasteiger partial charge in [-0.1, -0.05) is 0 Å². The summed E-state index contributed by atoms with van der Waals surface area (Å²) in [6.07, 6.45) is 7.80. The first-order valence-electron chi connectivity index (χ1n) is 9.03. The minimum absolute atomic E-state index is 0.0314. The molecule has 0 spiro atoms. The molecule has 0 bridgehead atoms. The maximum atomic E-state index is 12.8. The smallest absolute Gasteiger partial charge is 0.255 e. The van der Waals surface area contributed by atoms with E-state index in [1.54, 1.807) is 18.5 Å². The molecule has 6 heteroatoms. The summed E-state index contributed by atoms with van der Waals surface area (Å²) < 4.78 is 0. The van der Waals surface area contributed by atoms with Crippen LogP contribution in [0.15, 0.2) is 24.5 Å². The molecule has 0 unspecified atom stereocenters. The van der Waals surface area contributed by atoms with Gasteiger partial charge in [0.25, 0.3) is 5.91 Å². The molecule has 1 fully saturated rings. The zero-order chi connectivity index (χ0) is 17.2. The maximum absolute atomic E-state index is 12.8. The summed E-state index contributed by atoms with van der Waals surface area (Å²) in [5.41, 5.74) is 2.86. The summed E-state index contributed by atoms with van der Waals surface area (Å²) in [6, 6.07) is 3.62. The van der Waals surface area contributed by atoms with Gasteiger partial charge in [-0.15, -0.1) is 0 Å². The standard InChI is InChI=1S/C19H23N5O/c1-14-21-17-7-11-24(19(25)15-6-5-8-20-12-15)13-16(17)18(22-14)23-9-3-2-4-10-23/h5-6,8,12H,2-4,7,9-11,13H2,1H3. The van der Waals surface area contributed by atoms with Gasteiger partial charge < -0.3 is 9.80 Å². The number of piperidine rings is 1. The first-order valence-corrected chi connectivity index (χ1v) is 9.03. The lowest BCUT2D eigenvalue weighted by atomic mass is 10.0. The van der Waals surface area contributed by atoms with Crippen LogP contribution in [-0.4, -0.2) is 45.4 Å². The topological polar surface area (TPSA) is 62.2 Å². The minimum Gasteiger partial charge on any atom is -0.356 e. The van der Waals surface area contributed by atoms with Crippen LogP contribution >= 0.6 is 0 Å². The molecule has 2 aromatic rings. The first kappa shape index (κ1) is 16.0. The molecule has 0 saturated carbocycles. The molecule has 0 aliphatic carbocycles. The van der Waals surface area contributed by atoms with Crippen LogP contribution in [0, 0.1) is 6.92 Å². The van der Waals surface area contributed by atoms with Crippen molar-refractivity contribution in [2.24, 2.45) is 0 Å². The van der Waals surface area contributed by atoms with E-state index in [0.29, 0.717) is 18.7 Å². The van der Waals surface area contributed by atoms with Gasteiger partial charge in [0, 0.05) is 44.0 Å². The second-order valence-electron chi connectivity index (χ2n) is 6.79. The Morgan fingerprint density at radius 2 is 1.96 bits per heavy atom. The Bertz CT molecular complexity index is 771. The lowest BCUT2D eigenvalue weighted by molar-refractivity contribution is 0.0733.